The van der Waals surface area contributed by atoms with Gasteiger partial charge in [-0.2, -0.15) is 0 Å². The molecule has 1 heteroatoms. The molecule has 0 amide bonds. The summed E-state index contributed by atoms with van der Waals surface area (Å²) in [7, 11) is 0. The van der Waals surface area contributed by atoms with Crippen LogP contribution in [0.1, 0.15) is 65.2 Å². The summed E-state index contributed by atoms with van der Waals surface area (Å²) in [5.41, 5.74) is 3.42. The molecule has 102 valence electrons. The molecule has 0 aliphatic heterocycles. The van der Waals surface area contributed by atoms with Gasteiger partial charge < -0.3 is 0 Å². The van der Waals surface area contributed by atoms with Gasteiger partial charge in [-0.3, -0.25) is 0 Å². The van der Waals surface area contributed by atoms with Crippen molar-refractivity contribution >= 4 is 0 Å². The molecule has 0 N–H and O–H groups in total. The van der Waals surface area contributed by atoms with Crippen molar-refractivity contribution in [3.8, 4) is 0 Å². The van der Waals surface area contributed by atoms with Gasteiger partial charge in [-0.05, 0) is 0 Å². The van der Waals surface area contributed by atoms with Crippen LogP contribution in [0, 0.1) is 0 Å². The molecule has 0 heterocycles. The molecule has 2 aliphatic rings. The molecule has 0 radical (unpaired) electrons. The SMILES string of the molecule is CCCCC1=[C]([Zr][C]2=C(CCCC)C=CC2)CC=C1. The van der Waals surface area contributed by atoms with Crippen LogP contribution < -0.4 is 0 Å². The number of hydrogen-bond acceptors (Lipinski definition) is 0. The van der Waals surface area contributed by atoms with Crippen molar-refractivity contribution in [1.82, 2.24) is 0 Å². The molecule has 0 nitrogen and oxygen atoms in total. The first kappa shape index (κ1) is 15.2. The van der Waals surface area contributed by atoms with Crippen molar-refractivity contribution in [2.45, 2.75) is 65.2 Å². The Morgan fingerprint density at radius 3 is 1.74 bits per heavy atom. The van der Waals surface area contributed by atoms with Crippen LogP contribution in [0.25, 0.3) is 0 Å². The van der Waals surface area contributed by atoms with Crippen LogP contribution in [-0.2, 0) is 23.2 Å². The van der Waals surface area contributed by atoms with E-state index in [1.165, 1.54) is 51.4 Å². The predicted molar refractivity (Wildman–Crippen MR) is 80.6 cm³/mol. The van der Waals surface area contributed by atoms with E-state index in [9.17, 15) is 0 Å². The third-order valence-corrected chi connectivity index (χ3v) is 8.02. The Kier molecular flexibility index (Phi) is 6.58. The zero-order valence-corrected chi connectivity index (χ0v) is 14.9. The second-order valence-electron chi connectivity index (χ2n) is 5.55. The third kappa shape index (κ3) is 4.42. The molecule has 0 spiro atoms. The second-order valence-corrected chi connectivity index (χ2v) is 9.13. The predicted octanol–water partition coefficient (Wildman–Crippen LogP) is 5.88. The molecule has 0 aromatic heterocycles. The topological polar surface area (TPSA) is 0 Å². The summed E-state index contributed by atoms with van der Waals surface area (Å²) in [6.07, 6.45) is 20.2. The van der Waals surface area contributed by atoms with Gasteiger partial charge in [-0.25, -0.2) is 0 Å². The third-order valence-electron chi connectivity index (χ3n) is 3.96. The van der Waals surface area contributed by atoms with Crippen LogP contribution >= 0.6 is 0 Å². The molecular formula is C18H26Zr. The molecule has 0 fully saturated rings. The molecule has 0 bridgehead atoms. The van der Waals surface area contributed by atoms with Gasteiger partial charge in [0.1, 0.15) is 0 Å². The normalized spacial score (nSPS) is 18.0. The maximum absolute atomic E-state index is 2.42. The van der Waals surface area contributed by atoms with Crippen molar-refractivity contribution in [1.29, 1.82) is 0 Å². The molecule has 2 rings (SSSR count). The van der Waals surface area contributed by atoms with E-state index in [0.29, 0.717) is 0 Å². The Balaban J connectivity index is 1.99. The van der Waals surface area contributed by atoms with E-state index in [1.807, 2.05) is 6.56 Å². The van der Waals surface area contributed by atoms with Gasteiger partial charge in [0.25, 0.3) is 0 Å². The Hall–Kier alpha value is -0.157. The minimum absolute atomic E-state index is 0.463. The molecule has 0 unspecified atom stereocenters. The average Bonchev–Trinajstić information content (AvgIpc) is 3.04. The minimum atomic E-state index is -0.463. The Labute approximate surface area is 130 Å². The first-order chi connectivity index (χ1) is 9.35. The standard InChI is InChI=1S/2C9H13.Zr/c2*1-2-3-6-9-7-4-5-8-9;/h2*4,7H,2-3,5-6H2,1H3;. The van der Waals surface area contributed by atoms with Crippen molar-refractivity contribution in [3.05, 3.63) is 42.0 Å². The fourth-order valence-corrected chi connectivity index (χ4v) is 6.54. The summed E-state index contributed by atoms with van der Waals surface area (Å²) in [5.74, 6) is 0. The molecule has 19 heavy (non-hydrogen) atoms. The number of rotatable bonds is 8. The Bertz CT molecular complexity index is 381. The van der Waals surface area contributed by atoms with Gasteiger partial charge >= 0.3 is 130 Å². The summed E-state index contributed by atoms with van der Waals surface area (Å²) < 4.78 is 3.73. The van der Waals surface area contributed by atoms with Crippen LogP contribution in [-0.4, -0.2) is 0 Å². The Morgan fingerprint density at radius 1 is 0.842 bits per heavy atom. The number of hydrogen-bond donors (Lipinski definition) is 0. The van der Waals surface area contributed by atoms with Crippen molar-refractivity contribution in [2.24, 2.45) is 0 Å². The van der Waals surface area contributed by atoms with E-state index in [4.69, 9.17) is 0 Å². The summed E-state index contributed by atoms with van der Waals surface area (Å²) in [6, 6.07) is 0. The van der Waals surface area contributed by atoms with Crippen molar-refractivity contribution < 1.29 is 23.2 Å². The monoisotopic (exact) mass is 332 g/mol. The van der Waals surface area contributed by atoms with E-state index in [-0.39, 0.29) is 0 Å². The second kappa shape index (κ2) is 8.20. The van der Waals surface area contributed by atoms with Crippen molar-refractivity contribution in [3.63, 3.8) is 0 Å². The molecule has 0 saturated carbocycles. The van der Waals surface area contributed by atoms with E-state index >= 15 is 0 Å². The van der Waals surface area contributed by atoms with E-state index in [1.54, 1.807) is 11.1 Å². The molecule has 0 aromatic rings. The zero-order chi connectivity index (χ0) is 13.5. The molecule has 0 atom stereocenters. The summed E-state index contributed by atoms with van der Waals surface area (Å²) >= 11 is -0.463. The molecular weight excluding hydrogens is 307 g/mol. The molecule has 0 aromatic carbocycles. The van der Waals surface area contributed by atoms with Crippen molar-refractivity contribution in [2.75, 3.05) is 0 Å². The fourth-order valence-electron chi connectivity index (χ4n) is 2.75. The molecule has 2 aliphatic carbocycles. The van der Waals surface area contributed by atoms with Gasteiger partial charge in [-0.15, -0.1) is 0 Å². The van der Waals surface area contributed by atoms with Gasteiger partial charge in [0.05, 0.1) is 0 Å². The van der Waals surface area contributed by atoms with Gasteiger partial charge in [-0.1, -0.05) is 0 Å². The van der Waals surface area contributed by atoms with Gasteiger partial charge in [0, 0.05) is 0 Å². The average molecular weight is 334 g/mol. The quantitative estimate of drug-likeness (QED) is 0.520. The van der Waals surface area contributed by atoms with Crippen LogP contribution in [0.3, 0.4) is 0 Å². The maximum atomic E-state index is 2.42. The van der Waals surface area contributed by atoms with Gasteiger partial charge in [0.15, 0.2) is 0 Å². The summed E-state index contributed by atoms with van der Waals surface area (Å²) in [6.45, 7) is 4.59. The first-order valence-electron chi connectivity index (χ1n) is 7.89. The van der Waals surface area contributed by atoms with Crippen LogP contribution in [0.2, 0.25) is 0 Å². The van der Waals surface area contributed by atoms with Crippen LogP contribution in [0.15, 0.2) is 42.0 Å². The summed E-state index contributed by atoms with van der Waals surface area (Å²) in [4.78, 5) is 0. The zero-order valence-electron chi connectivity index (χ0n) is 12.5. The first-order valence-corrected chi connectivity index (χ1v) is 10.3. The van der Waals surface area contributed by atoms with Crippen LogP contribution in [0.5, 0.6) is 0 Å². The number of unbranched alkanes of at least 4 members (excludes halogenated alkanes) is 2. The van der Waals surface area contributed by atoms with Crippen LogP contribution in [0.4, 0.5) is 0 Å². The van der Waals surface area contributed by atoms with E-state index in [2.05, 4.69) is 38.2 Å². The van der Waals surface area contributed by atoms with E-state index in [0.717, 1.165) is 0 Å². The van der Waals surface area contributed by atoms with E-state index < -0.39 is 23.2 Å². The fraction of sp³-hybridized carbons (Fsp3) is 0.556. The Morgan fingerprint density at radius 2 is 1.32 bits per heavy atom. The van der Waals surface area contributed by atoms with Gasteiger partial charge in [0.2, 0.25) is 0 Å². The molecule has 0 saturated heterocycles. The number of allylic oxidation sites excluding steroid dienone is 8. The summed E-state index contributed by atoms with van der Waals surface area (Å²) in [5, 5.41) is 0.